The van der Waals surface area contributed by atoms with Gasteiger partial charge in [-0.2, -0.15) is 11.8 Å². The highest BCUT2D eigenvalue weighted by Crippen LogP contribution is 2.34. The average molecular weight is 271 g/mol. The second-order valence-electron chi connectivity index (χ2n) is 5.69. The van der Waals surface area contributed by atoms with Crippen molar-refractivity contribution in [2.24, 2.45) is 10.9 Å². The van der Waals surface area contributed by atoms with Gasteiger partial charge in [0.2, 0.25) is 0 Å². The van der Waals surface area contributed by atoms with E-state index in [-0.39, 0.29) is 4.75 Å². The Kier molecular flexibility index (Phi) is 6.33. The van der Waals surface area contributed by atoms with Gasteiger partial charge < -0.3 is 10.6 Å². The number of nitrogens with one attached hydrogen (secondary N) is 2. The van der Waals surface area contributed by atoms with Crippen LogP contribution in [0.25, 0.3) is 0 Å². The summed E-state index contributed by atoms with van der Waals surface area (Å²) in [5.74, 6) is 1.86. The van der Waals surface area contributed by atoms with Gasteiger partial charge in [-0.05, 0) is 45.8 Å². The van der Waals surface area contributed by atoms with Gasteiger partial charge in [-0.1, -0.05) is 13.3 Å². The highest BCUT2D eigenvalue weighted by Gasteiger charge is 2.36. The van der Waals surface area contributed by atoms with Gasteiger partial charge in [0.15, 0.2) is 5.96 Å². The third kappa shape index (κ3) is 5.51. The second kappa shape index (κ2) is 7.27. The number of aliphatic imine (C=N–C) groups is 1. The fourth-order valence-electron chi connectivity index (χ4n) is 1.94. The zero-order valence-corrected chi connectivity index (χ0v) is 13.4. The van der Waals surface area contributed by atoms with Gasteiger partial charge in [-0.3, -0.25) is 4.99 Å². The van der Waals surface area contributed by atoms with Gasteiger partial charge >= 0.3 is 0 Å². The minimum Gasteiger partial charge on any atom is -0.357 e. The zero-order chi connectivity index (χ0) is 13.6. The molecule has 0 aromatic carbocycles. The summed E-state index contributed by atoms with van der Waals surface area (Å²) >= 11 is 1.87. The molecule has 4 heteroatoms. The normalized spacial score (nSPS) is 23.9. The van der Waals surface area contributed by atoms with E-state index in [2.05, 4.69) is 44.6 Å². The SMILES string of the molecule is CCCC1CC1NC(=NCC(C)(C)SC)NCC. The highest BCUT2D eigenvalue weighted by molar-refractivity contribution is 7.99. The van der Waals surface area contributed by atoms with Crippen molar-refractivity contribution in [3.63, 3.8) is 0 Å². The van der Waals surface area contributed by atoms with E-state index in [1.165, 1.54) is 19.3 Å². The van der Waals surface area contributed by atoms with Crippen LogP contribution in [0.1, 0.15) is 47.0 Å². The van der Waals surface area contributed by atoms with Crippen molar-refractivity contribution in [2.45, 2.75) is 57.7 Å². The molecule has 0 bridgehead atoms. The van der Waals surface area contributed by atoms with Gasteiger partial charge in [0, 0.05) is 17.3 Å². The van der Waals surface area contributed by atoms with Crippen molar-refractivity contribution < 1.29 is 0 Å². The lowest BCUT2D eigenvalue weighted by molar-refractivity contribution is 0.651. The van der Waals surface area contributed by atoms with E-state index in [0.717, 1.165) is 25.0 Å². The number of guanidine groups is 1. The van der Waals surface area contributed by atoms with Crippen molar-refractivity contribution in [3.8, 4) is 0 Å². The molecule has 2 unspecified atom stereocenters. The first kappa shape index (κ1) is 15.7. The van der Waals surface area contributed by atoms with Crippen LogP contribution in [0.4, 0.5) is 0 Å². The Hall–Kier alpha value is -0.380. The molecule has 1 aliphatic rings. The molecule has 0 amide bonds. The number of hydrogen-bond donors (Lipinski definition) is 2. The molecule has 0 spiro atoms. The summed E-state index contributed by atoms with van der Waals surface area (Å²) in [6.45, 7) is 10.6. The van der Waals surface area contributed by atoms with Crippen LogP contribution in [0, 0.1) is 5.92 Å². The predicted octanol–water partition coefficient (Wildman–Crippen LogP) is 2.87. The largest absolute Gasteiger partial charge is 0.357 e. The van der Waals surface area contributed by atoms with Gasteiger partial charge in [-0.15, -0.1) is 0 Å². The summed E-state index contributed by atoms with van der Waals surface area (Å²) in [6, 6.07) is 0.653. The quantitative estimate of drug-likeness (QED) is 0.552. The first-order valence-corrected chi connectivity index (χ1v) is 8.35. The molecule has 0 aromatic rings. The van der Waals surface area contributed by atoms with Crippen LogP contribution in [0.5, 0.6) is 0 Å². The minimum absolute atomic E-state index is 0.217. The third-order valence-corrected chi connectivity index (χ3v) is 4.65. The molecular weight excluding hydrogens is 242 g/mol. The molecule has 106 valence electrons. The van der Waals surface area contributed by atoms with Gasteiger partial charge in [0.25, 0.3) is 0 Å². The van der Waals surface area contributed by atoms with E-state index < -0.39 is 0 Å². The summed E-state index contributed by atoms with van der Waals surface area (Å²) in [5.41, 5.74) is 0. The van der Waals surface area contributed by atoms with Crippen molar-refractivity contribution in [1.82, 2.24) is 10.6 Å². The van der Waals surface area contributed by atoms with Crippen molar-refractivity contribution in [2.75, 3.05) is 19.3 Å². The lowest BCUT2D eigenvalue weighted by Gasteiger charge is -2.20. The molecule has 1 fully saturated rings. The van der Waals surface area contributed by atoms with Gasteiger partial charge in [0.1, 0.15) is 0 Å². The highest BCUT2D eigenvalue weighted by atomic mass is 32.2. The maximum Gasteiger partial charge on any atom is 0.191 e. The zero-order valence-electron chi connectivity index (χ0n) is 12.5. The molecule has 0 saturated heterocycles. The average Bonchev–Trinajstić information content (AvgIpc) is 3.05. The fourth-order valence-corrected chi connectivity index (χ4v) is 2.14. The van der Waals surface area contributed by atoms with Crippen molar-refractivity contribution >= 4 is 17.7 Å². The monoisotopic (exact) mass is 271 g/mol. The number of nitrogens with zero attached hydrogens (tertiary/aromatic N) is 1. The molecule has 1 rings (SSSR count). The molecule has 2 atom stereocenters. The Balaban J connectivity index is 2.42. The first-order valence-electron chi connectivity index (χ1n) is 7.12. The number of rotatable bonds is 7. The van der Waals surface area contributed by atoms with Crippen LogP contribution in [-0.2, 0) is 0 Å². The van der Waals surface area contributed by atoms with Crippen LogP contribution >= 0.6 is 11.8 Å². The molecule has 2 N–H and O–H groups in total. The maximum atomic E-state index is 4.70. The summed E-state index contributed by atoms with van der Waals surface area (Å²) in [4.78, 5) is 4.70. The lowest BCUT2D eigenvalue weighted by atomic mass is 10.2. The molecular formula is C14H29N3S. The van der Waals surface area contributed by atoms with Gasteiger partial charge in [0.05, 0.1) is 6.54 Å². The Labute approximate surface area is 117 Å². The first-order chi connectivity index (χ1) is 8.52. The van der Waals surface area contributed by atoms with E-state index >= 15 is 0 Å². The summed E-state index contributed by atoms with van der Waals surface area (Å²) in [7, 11) is 0. The third-order valence-electron chi connectivity index (χ3n) is 3.42. The smallest absolute Gasteiger partial charge is 0.191 e. The predicted molar refractivity (Wildman–Crippen MR) is 83.5 cm³/mol. The van der Waals surface area contributed by atoms with E-state index in [1.807, 2.05) is 11.8 Å². The minimum atomic E-state index is 0.217. The summed E-state index contributed by atoms with van der Waals surface area (Å²) in [5, 5.41) is 6.90. The molecule has 1 aliphatic carbocycles. The summed E-state index contributed by atoms with van der Waals surface area (Å²) < 4.78 is 0.217. The lowest BCUT2D eigenvalue weighted by Crippen LogP contribution is -2.40. The van der Waals surface area contributed by atoms with Crippen LogP contribution in [0.2, 0.25) is 0 Å². The maximum absolute atomic E-state index is 4.70. The number of hydrogen-bond acceptors (Lipinski definition) is 2. The molecule has 0 radical (unpaired) electrons. The standard InChI is InChI=1S/C14H29N3S/c1-6-8-11-9-12(11)17-13(15-7-2)16-10-14(3,4)18-5/h11-12H,6-10H2,1-5H3,(H2,15,16,17). The van der Waals surface area contributed by atoms with E-state index in [9.17, 15) is 0 Å². The van der Waals surface area contributed by atoms with Crippen LogP contribution in [0.3, 0.4) is 0 Å². The van der Waals surface area contributed by atoms with E-state index in [1.54, 1.807) is 0 Å². The fraction of sp³-hybridized carbons (Fsp3) is 0.929. The van der Waals surface area contributed by atoms with Crippen LogP contribution < -0.4 is 10.6 Å². The van der Waals surface area contributed by atoms with E-state index in [0.29, 0.717) is 6.04 Å². The topological polar surface area (TPSA) is 36.4 Å². The molecule has 0 aliphatic heterocycles. The Morgan fingerprint density at radius 2 is 2.11 bits per heavy atom. The van der Waals surface area contributed by atoms with Crippen molar-refractivity contribution in [3.05, 3.63) is 0 Å². The number of thioether (sulfide) groups is 1. The molecule has 0 heterocycles. The van der Waals surface area contributed by atoms with Gasteiger partial charge in [-0.25, -0.2) is 0 Å². The van der Waals surface area contributed by atoms with Crippen LogP contribution in [-0.4, -0.2) is 36.1 Å². The Bertz CT molecular complexity index is 276. The molecule has 3 nitrogen and oxygen atoms in total. The van der Waals surface area contributed by atoms with E-state index in [4.69, 9.17) is 4.99 Å². The van der Waals surface area contributed by atoms with Crippen molar-refractivity contribution in [1.29, 1.82) is 0 Å². The molecule has 1 saturated carbocycles. The molecule has 18 heavy (non-hydrogen) atoms. The Morgan fingerprint density at radius 3 is 2.67 bits per heavy atom. The van der Waals surface area contributed by atoms with Crippen LogP contribution in [0.15, 0.2) is 4.99 Å². The summed E-state index contributed by atoms with van der Waals surface area (Å²) in [6.07, 6.45) is 6.08. The Morgan fingerprint density at radius 1 is 1.39 bits per heavy atom. The molecule has 0 aromatic heterocycles. The second-order valence-corrected chi connectivity index (χ2v) is 7.21.